The zero-order valence-electron chi connectivity index (χ0n) is 16.4. The van der Waals surface area contributed by atoms with E-state index in [-0.39, 0.29) is 31.4 Å². The molecule has 2 N–H and O–H groups in total. The van der Waals surface area contributed by atoms with Gasteiger partial charge in [0.1, 0.15) is 10.5 Å². The normalized spacial score (nSPS) is 20.2. The van der Waals surface area contributed by atoms with Crippen LogP contribution in [0.25, 0.3) is 0 Å². The zero-order chi connectivity index (χ0) is 20.6. The molecule has 0 unspecified atom stereocenters. The molecule has 0 bridgehead atoms. The lowest BCUT2D eigenvalue weighted by atomic mass is 9.98. The van der Waals surface area contributed by atoms with Crippen molar-refractivity contribution >= 4 is 40.2 Å². The minimum absolute atomic E-state index is 0.0197. The van der Waals surface area contributed by atoms with Gasteiger partial charge < -0.3 is 15.4 Å². The Bertz CT molecular complexity index is 854. The molecule has 0 atom stereocenters. The number of carbonyl (C=O) groups excluding carboxylic acids is 4. The molecular weight excluding hydrogens is 394 g/mol. The lowest BCUT2D eigenvalue weighted by Crippen LogP contribution is -2.44. The molecule has 0 aromatic carbocycles. The van der Waals surface area contributed by atoms with Gasteiger partial charge in [-0.25, -0.2) is 9.59 Å². The first kappa shape index (κ1) is 19.9. The fourth-order valence-electron chi connectivity index (χ4n) is 4.17. The molecule has 3 fully saturated rings. The summed E-state index contributed by atoms with van der Waals surface area (Å²) in [7, 11) is 0. The fraction of sp³-hybridized carbons (Fsp3) is 0.600. The Morgan fingerprint density at radius 1 is 1.31 bits per heavy atom. The molecule has 0 radical (unpaired) electrons. The van der Waals surface area contributed by atoms with E-state index in [1.54, 1.807) is 6.92 Å². The summed E-state index contributed by atoms with van der Waals surface area (Å²) in [4.78, 5) is 50.9. The van der Waals surface area contributed by atoms with Crippen LogP contribution in [0.15, 0.2) is 5.38 Å². The van der Waals surface area contributed by atoms with E-state index in [1.165, 1.54) is 11.3 Å². The number of rotatable bonds is 7. The van der Waals surface area contributed by atoms with Crippen molar-refractivity contribution in [3.05, 3.63) is 16.5 Å². The maximum absolute atomic E-state index is 12.7. The van der Waals surface area contributed by atoms with Crippen LogP contribution in [-0.4, -0.2) is 47.4 Å². The van der Waals surface area contributed by atoms with Gasteiger partial charge in [-0.15, -0.1) is 11.3 Å². The van der Waals surface area contributed by atoms with Crippen LogP contribution in [0, 0.1) is 0 Å². The van der Waals surface area contributed by atoms with E-state index in [1.807, 2.05) is 5.38 Å². The Kier molecular flexibility index (Phi) is 5.33. The van der Waals surface area contributed by atoms with Gasteiger partial charge in [0.2, 0.25) is 5.91 Å². The summed E-state index contributed by atoms with van der Waals surface area (Å²) in [5, 5.41) is 7.96. The summed E-state index contributed by atoms with van der Waals surface area (Å²) < 4.78 is 5.16. The summed E-state index contributed by atoms with van der Waals surface area (Å²) in [5.41, 5.74) is 0.603. The van der Waals surface area contributed by atoms with Gasteiger partial charge in [-0.3, -0.25) is 14.5 Å². The van der Waals surface area contributed by atoms with Gasteiger partial charge in [0.05, 0.1) is 12.2 Å². The van der Waals surface area contributed by atoms with Crippen LogP contribution in [0.5, 0.6) is 0 Å². The van der Waals surface area contributed by atoms with Crippen molar-refractivity contribution in [3.63, 3.8) is 0 Å². The second kappa shape index (κ2) is 7.78. The minimum Gasteiger partial charge on any atom is -0.462 e. The summed E-state index contributed by atoms with van der Waals surface area (Å²) in [5.74, 6) is -0.645. The molecular formula is C20H25N3O5S. The number of anilines is 1. The second-order valence-corrected chi connectivity index (χ2v) is 8.74. The highest BCUT2D eigenvalue weighted by atomic mass is 32.1. The van der Waals surface area contributed by atoms with Crippen LogP contribution in [0.2, 0.25) is 0 Å². The van der Waals surface area contributed by atoms with Gasteiger partial charge in [-0.05, 0) is 49.5 Å². The summed E-state index contributed by atoms with van der Waals surface area (Å²) >= 11 is 1.31. The van der Waals surface area contributed by atoms with Crippen LogP contribution in [0.4, 0.5) is 9.80 Å². The molecule has 3 aliphatic rings. The van der Waals surface area contributed by atoms with Crippen molar-refractivity contribution in [1.82, 2.24) is 10.2 Å². The fourth-order valence-corrected chi connectivity index (χ4v) is 5.22. The Morgan fingerprint density at radius 3 is 2.69 bits per heavy atom. The first-order valence-corrected chi connectivity index (χ1v) is 11.1. The van der Waals surface area contributed by atoms with E-state index in [4.69, 9.17) is 4.74 Å². The molecule has 1 aromatic rings. The molecule has 156 valence electrons. The van der Waals surface area contributed by atoms with E-state index in [0.717, 1.165) is 36.1 Å². The van der Waals surface area contributed by atoms with E-state index in [0.29, 0.717) is 29.3 Å². The molecule has 4 amide bonds. The molecule has 1 saturated heterocycles. The van der Waals surface area contributed by atoms with E-state index in [9.17, 15) is 19.2 Å². The lowest BCUT2D eigenvalue weighted by molar-refractivity contribution is -0.131. The molecule has 2 aliphatic carbocycles. The largest absolute Gasteiger partial charge is 0.462 e. The summed E-state index contributed by atoms with van der Waals surface area (Å²) in [6.07, 6.45) is 5.19. The maximum Gasteiger partial charge on any atom is 0.341 e. The summed E-state index contributed by atoms with van der Waals surface area (Å²) in [6, 6.07) is -0.427. The number of thiophene rings is 1. The predicted molar refractivity (Wildman–Crippen MR) is 107 cm³/mol. The molecule has 9 heteroatoms. The minimum atomic E-state index is -0.766. The van der Waals surface area contributed by atoms with Crippen molar-refractivity contribution in [2.45, 2.75) is 63.3 Å². The highest BCUT2D eigenvalue weighted by molar-refractivity contribution is 7.15. The topological polar surface area (TPSA) is 105 Å². The molecule has 8 nitrogen and oxygen atoms in total. The number of hydrogen-bond donors (Lipinski definition) is 2. The molecule has 2 saturated carbocycles. The molecule has 2 heterocycles. The molecule has 1 aliphatic heterocycles. The quantitative estimate of drug-likeness (QED) is 0.522. The van der Waals surface area contributed by atoms with E-state index in [2.05, 4.69) is 10.6 Å². The number of ether oxygens (including phenoxy) is 1. The third kappa shape index (κ3) is 3.75. The summed E-state index contributed by atoms with van der Waals surface area (Å²) in [6.45, 7) is 2.03. The molecule has 29 heavy (non-hydrogen) atoms. The Labute approximate surface area is 173 Å². The number of nitrogens with one attached hydrogen (secondary N) is 2. The molecule has 1 spiro atoms. The van der Waals surface area contributed by atoms with Crippen LogP contribution in [-0.2, 0) is 14.3 Å². The first-order chi connectivity index (χ1) is 13.9. The predicted octanol–water partition coefficient (Wildman–Crippen LogP) is 3.00. The second-order valence-electron chi connectivity index (χ2n) is 7.86. The molecule has 1 aromatic heterocycles. The van der Waals surface area contributed by atoms with Crippen molar-refractivity contribution in [3.8, 4) is 0 Å². The first-order valence-electron chi connectivity index (χ1n) is 10.2. The number of hydrogen-bond acceptors (Lipinski definition) is 6. The number of esters is 1. The Hall–Kier alpha value is -2.42. The van der Waals surface area contributed by atoms with Crippen molar-refractivity contribution in [2.75, 3.05) is 18.5 Å². The maximum atomic E-state index is 12.7. The smallest absolute Gasteiger partial charge is 0.341 e. The SMILES string of the molecule is CCOC(=O)c1c(C2CC2)csc1NC(=O)CCN1C(=O)NC2(CCCC2)C1=O. The number of amides is 4. The lowest BCUT2D eigenvalue weighted by Gasteiger charge is -2.19. The van der Waals surface area contributed by atoms with E-state index < -0.39 is 17.5 Å². The van der Waals surface area contributed by atoms with Crippen LogP contribution in [0.3, 0.4) is 0 Å². The van der Waals surface area contributed by atoms with Crippen LogP contribution in [0.1, 0.15) is 73.7 Å². The molecule has 4 rings (SSSR count). The van der Waals surface area contributed by atoms with Crippen molar-refractivity contribution in [2.24, 2.45) is 0 Å². The standard InChI is InChI=1S/C20H25N3O5S/c1-2-28-17(25)15-13(12-5-6-12)11-29-16(15)21-14(24)7-10-23-18(26)20(22-19(23)27)8-3-4-9-20/h11-12H,2-10H2,1H3,(H,21,24)(H,22,27). The third-order valence-corrected chi connectivity index (χ3v) is 6.75. The number of imide groups is 1. The van der Waals surface area contributed by atoms with E-state index >= 15 is 0 Å². The van der Waals surface area contributed by atoms with Gasteiger partial charge in [0.15, 0.2) is 0 Å². The highest BCUT2D eigenvalue weighted by Crippen LogP contribution is 2.46. The van der Waals surface area contributed by atoms with Gasteiger partial charge in [-0.1, -0.05) is 12.8 Å². The number of carbonyl (C=O) groups is 4. The van der Waals surface area contributed by atoms with Crippen molar-refractivity contribution < 1.29 is 23.9 Å². The highest BCUT2D eigenvalue weighted by Gasteiger charge is 2.52. The number of nitrogens with zero attached hydrogens (tertiary/aromatic N) is 1. The average Bonchev–Trinajstić information content (AvgIpc) is 3.19. The Morgan fingerprint density at radius 2 is 2.03 bits per heavy atom. The van der Waals surface area contributed by atoms with Crippen LogP contribution >= 0.6 is 11.3 Å². The van der Waals surface area contributed by atoms with Crippen LogP contribution < -0.4 is 10.6 Å². The zero-order valence-corrected chi connectivity index (χ0v) is 17.2. The van der Waals surface area contributed by atoms with Gasteiger partial charge in [-0.2, -0.15) is 0 Å². The monoisotopic (exact) mass is 419 g/mol. The van der Waals surface area contributed by atoms with Gasteiger partial charge in [0, 0.05) is 13.0 Å². The van der Waals surface area contributed by atoms with Gasteiger partial charge >= 0.3 is 12.0 Å². The third-order valence-electron chi connectivity index (χ3n) is 5.83. The number of urea groups is 1. The Balaban J connectivity index is 1.40. The van der Waals surface area contributed by atoms with Gasteiger partial charge in [0.25, 0.3) is 5.91 Å². The average molecular weight is 420 g/mol. The van der Waals surface area contributed by atoms with Crippen molar-refractivity contribution in [1.29, 1.82) is 0 Å².